The fraction of sp³-hybridized carbons (Fsp3) is 0.316. The fourth-order valence-electron chi connectivity index (χ4n) is 3.27. The Hall–Kier alpha value is -2.33. The van der Waals surface area contributed by atoms with Gasteiger partial charge in [-0.1, -0.05) is 29.3 Å². The molecule has 8 nitrogen and oxygen atoms in total. The number of tetrazole rings is 1. The van der Waals surface area contributed by atoms with Crippen LogP contribution < -0.4 is 0 Å². The third-order valence-electron chi connectivity index (χ3n) is 4.96. The number of aromatic nitrogens is 4. The highest BCUT2D eigenvalue weighted by atomic mass is 35.5. The molecule has 3 aromatic rings. The first-order valence-corrected chi connectivity index (χ1v) is 11.1. The number of nitrogens with zero attached hydrogens (tertiary/aromatic N) is 6. The summed E-state index contributed by atoms with van der Waals surface area (Å²) in [6.45, 7) is 4.55. The molecule has 10 heteroatoms. The van der Waals surface area contributed by atoms with Crippen molar-refractivity contribution >= 4 is 21.6 Å². The zero-order valence-electron chi connectivity index (χ0n) is 15.9. The first-order chi connectivity index (χ1) is 13.9. The number of hydrogen-bond acceptors (Lipinski definition) is 6. The lowest BCUT2D eigenvalue weighted by Gasteiger charge is -2.33. The predicted octanol–water partition coefficient (Wildman–Crippen LogP) is 2.13. The summed E-state index contributed by atoms with van der Waals surface area (Å²) < 4.78 is 28.9. The van der Waals surface area contributed by atoms with E-state index in [0.717, 1.165) is 11.3 Å². The van der Waals surface area contributed by atoms with Gasteiger partial charge in [-0.05, 0) is 53.7 Å². The number of rotatable bonds is 5. The van der Waals surface area contributed by atoms with E-state index in [1.165, 1.54) is 4.31 Å². The molecule has 2 aromatic carbocycles. The Kier molecular flexibility index (Phi) is 5.64. The minimum absolute atomic E-state index is 0.336. The van der Waals surface area contributed by atoms with E-state index < -0.39 is 10.0 Å². The fourth-order valence-corrected chi connectivity index (χ4v) is 4.82. The molecule has 0 spiro atoms. The Labute approximate surface area is 174 Å². The van der Waals surface area contributed by atoms with Crippen molar-refractivity contribution in [1.29, 1.82) is 0 Å². The molecule has 0 bridgehead atoms. The molecule has 0 saturated carbocycles. The molecule has 0 radical (unpaired) electrons. The van der Waals surface area contributed by atoms with Crippen molar-refractivity contribution in [3.05, 3.63) is 64.9 Å². The molecule has 0 amide bonds. The van der Waals surface area contributed by atoms with Gasteiger partial charge in [0.2, 0.25) is 10.0 Å². The molecule has 0 unspecified atom stereocenters. The summed E-state index contributed by atoms with van der Waals surface area (Å²) in [5.74, 6) is 0.696. The van der Waals surface area contributed by atoms with Crippen molar-refractivity contribution in [3.8, 4) is 5.69 Å². The first-order valence-electron chi connectivity index (χ1n) is 9.26. The highest BCUT2D eigenvalue weighted by molar-refractivity contribution is 7.89. The Balaban J connectivity index is 1.42. The van der Waals surface area contributed by atoms with Crippen LogP contribution in [-0.4, -0.2) is 64.0 Å². The van der Waals surface area contributed by atoms with Gasteiger partial charge < -0.3 is 0 Å². The molecule has 1 aliphatic rings. The van der Waals surface area contributed by atoms with Crippen LogP contribution in [-0.2, 0) is 16.6 Å². The van der Waals surface area contributed by atoms with Gasteiger partial charge in [-0.3, -0.25) is 4.90 Å². The van der Waals surface area contributed by atoms with Crippen molar-refractivity contribution in [2.45, 2.75) is 18.4 Å². The number of piperazine rings is 1. The lowest BCUT2D eigenvalue weighted by atomic mass is 10.2. The van der Waals surface area contributed by atoms with Crippen LogP contribution in [0.5, 0.6) is 0 Å². The lowest BCUT2D eigenvalue weighted by molar-refractivity contribution is 0.177. The molecular formula is C19H21ClN6O2S. The zero-order valence-corrected chi connectivity index (χ0v) is 17.5. The van der Waals surface area contributed by atoms with Crippen LogP contribution in [0.3, 0.4) is 0 Å². The highest BCUT2D eigenvalue weighted by Gasteiger charge is 2.29. The monoisotopic (exact) mass is 432 g/mol. The van der Waals surface area contributed by atoms with Crippen LogP contribution in [0.15, 0.2) is 53.4 Å². The topological polar surface area (TPSA) is 84.2 Å². The van der Waals surface area contributed by atoms with Crippen molar-refractivity contribution in [2.75, 3.05) is 26.2 Å². The Morgan fingerprint density at radius 3 is 2.28 bits per heavy atom. The molecule has 2 heterocycles. The molecular weight excluding hydrogens is 412 g/mol. The van der Waals surface area contributed by atoms with Crippen LogP contribution >= 0.6 is 11.6 Å². The van der Waals surface area contributed by atoms with E-state index in [9.17, 15) is 8.42 Å². The van der Waals surface area contributed by atoms with Gasteiger partial charge in [-0.25, -0.2) is 8.42 Å². The van der Waals surface area contributed by atoms with E-state index in [0.29, 0.717) is 48.5 Å². The van der Waals surface area contributed by atoms with E-state index in [-0.39, 0.29) is 0 Å². The summed E-state index contributed by atoms with van der Waals surface area (Å²) in [7, 11) is -3.47. The third kappa shape index (κ3) is 4.32. The maximum Gasteiger partial charge on any atom is 0.243 e. The van der Waals surface area contributed by atoms with Gasteiger partial charge in [-0.2, -0.15) is 8.99 Å². The van der Waals surface area contributed by atoms with Gasteiger partial charge in [-0.15, -0.1) is 5.10 Å². The number of halogens is 1. The number of aryl methyl sites for hydroxylation is 1. The summed E-state index contributed by atoms with van der Waals surface area (Å²) in [4.78, 5) is 2.49. The predicted molar refractivity (Wildman–Crippen MR) is 109 cm³/mol. The number of sulfonamides is 1. The van der Waals surface area contributed by atoms with Crippen LogP contribution in [0.2, 0.25) is 5.02 Å². The standard InChI is InChI=1S/C19H21ClN6O2S/c1-15-2-8-18(9-3-15)29(27,28)25-12-10-24(11-13-25)14-19-21-22-23-26(19)17-6-4-16(20)5-7-17/h2-9H,10-14H2,1H3. The second-order valence-corrected chi connectivity index (χ2v) is 9.35. The van der Waals surface area contributed by atoms with Crippen molar-refractivity contribution in [1.82, 2.24) is 29.4 Å². The van der Waals surface area contributed by atoms with Crippen LogP contribution in [0, 0.1) is 6.92 Å². The number of benzene rings is 2. The van der Waals surface area contributed by atoms with E-state index in [1.54, 1.807) is 28.9 Å². The van der Waals surface area contributed by atoms with Crippen molar-refractivity contribution in [3.63, 3.8) is 0 Å². The Morgan fingerprint density at radius 2 is 1.62 bits per heavy atom. The molecule has 1 fully saturated rings. The molecule has 29 heavy (non-hydrogen) atoms. The van der Waals surface area contributed by atoms with E-state index >= 15 is 0 Å². The van der Waals surface area contributed by atoms with Crippen LogP contribution in [0.1, 0.15) is 11.4 Å². The minimum atomic E-state index is -3.47. The summed E-state index contributed by atoms with van der Waals surface area (Å²) >= 11 is 5.95. The zero-order chi connectivity index (χ0) is 20.4. The number of hydrogen-bond donors (Lipinski definition) is 0. The summed E-state index contributed by atoms with van der Waals surface area (Å²) in [5, 5.41) is 12.6. The van der Waals surface area contributed by atoms with Gasteiger partial charge in [0, 0.05) is 31.2 Å². The second-order valence-electron chi connectivity index (χ2n) is 6.98. The van der Waals surface area contributed by atoms with Gasteiger partial charge >= 0.3 is 0 Å². The summed E-state index contributed by atoms with van der Waals surface area (Å²) in [6.07, 6.45) is 0. The Bertz CT molecular complexity index is 1070. The molecule has 1 aromatic heterocycles. The van der Waals surface area contributed by atoms with E-state index in [2.05, 4.69) is 20.4 Å². The van der Waals surface area contributed by atoms with E-state index in [4.69, 9.17) is 11.6 Å². The summed E-state index contributed by atoms with van der Waals surface area (Å²) in [5.41, 5.74) is 1.86. The van der Waals surface area contributed by atoms with E-state index in [1.807, 2.05) is 31.2 Å². The SMILES string of the molecule is Cc1ccc(S(=O)(=O)N2CCN(Cc3nnnn3-c3ccc(Cl)cc3)CC2)cc1. The van der Waals surface area contributed by atoms with Gasteiger partial charge in [0.25, 0.3) is 0 Å². The molecule has 0 aliphatic carbocycles. The third-order valence-corrected chi connectivity index (χ3v) is 7.13. The van der Waals surface area contributed by atoms with Gasteiger partial charge in [0.15, 0.2) is 5.82 Å². The molecule has 0 atom stereocenters. The van der Waals surface area contributed by atoms with Crippen molar-refractivity contribution in [2.24, 2.45) is 0 Å². The minimum Gasteiger partial charge on any atom is -0.293 e. The molecule has 1 saturated heterocycles. The lowest BCUT2D eigenvalue weighted by Crippen LogP contribution is -2.48. The average Bonchev–Trinajstić information content (AvgIpc) is 3.17. The molecule has 0 N–H and O–H groups in total. The quantitative estimate of drug-likeness (QED) is 0.614. The molecule has 152 valence electrons. The summed E-state index contributed by atoms with van der Waals surface area (Å²) in [6, 6.07) is 14.3. The maximum absolute atomic E-state index is 12.8. The Morgan fingerprint density at radius 1 is 0.966 bits per heavy atom. The molecule has 4 rings (SSSR count). The van der Waals surface area contributed by atoms with Gasteiger partial charge in [0.05, 0.1) is 17.1 Å². The van der Waals surface area contributed by atoms with Gasteiger partial charge in [0.1, 0.15) is 0 Å². The normalized spacial score (nSPS) is 16.2. The van der Waals surface area contributed by atoms with Crippen LogP contribution in [0.4, 0.5) is 0 Å². The highest BCUT2D eigenvalue weighted by Crippen LogP contribution is 2.19. The second kappa shape index (κ2) is 8.19. The average molecular weight is 433 g/mol. The van der Waals surface area contributed by atoms with Crippen LogP contribution in [0.25, 0.3) is 5.69 Å². The largest absolute Gasteiger partial charge is 0.293 e. The first kappa shape index (κ1) is 20.0. The smallest absolute Gasteiger partial charge is 0.243 e. The maximum atomic E-state index is 12.8. The van der Waals surface area contributed by atoms with Crippen molar-refractivity contribution < 1.29 is 8.42 Å². The molecule has 1 aliphatic heterocycles.